The van der Waals surface area contributed by atoms with Gasteiger partial charge >= 0.3 is 0 Å². The largest absolute Gasteiger partial charge is 0.259 e. The van der Waals surface area contributed by atoms with Crippen molar-refractivity contribution in [1.29, 1.82) is 0 Å². The number of hydrogen-bond donors (Lipinski definition) is 2. The van der Waals surface area contributed by atoms with E-state index in [1.165, 1.54) is 0 Å². The molecule has 0 radical (unpaired) electrons. The quantitative estimate of drug-likeness (QED) is 0.695. The zero-order valence-corrected chi connectivity index (χ0v) is 8.49. The smallest absolute Gasteiger partial charge is 0.253 e. The van der Waals surface area contributed by atoms with Gasteiger partial charge in [0, 0.05) is 11.6 Å². The predicted molar refractivity (Wildman–Crippen MR) is 49.9 cm³/mol. The highest BCUT2D eigenvalue weighted by Crippen LogP contribution is 1.94. The summed E-state index contributed by atoms with van der Waals surface area (Å²) in [7, 11) is -3.66. The Kier molecular flexibility index (Phi) is 3.68. The van der Waals surface area contributed by atoms with E-state index in [4.69, 9.17) is 0 Å². The van der Waals surface area contributed by atoms with E-state index < -0.39 is 10.0 Å². The number of aromatic nitrogens is 4. The van der Waals surface area contributed by atoms with Crippen molar-refractivity contribution in [3.63, 3.8) is 0 Å². The van der Waals surface area contributed by atoms with Crippen molar-refractivity contribution in [3.8, 4) is 0 Å². The van der Waals surface area contributed by atoms with Crippen LogP contribution in [0.25, 0.3) is 0 Å². The van der Waals surface area contributed by atoms with Gasteiger partial charge in [-0.25, -0.2) is 13.6 Å². The van der Waals surface area contributed by atoms with Gasteiger partial charge in [0.05, 0.1) is 11.7 Å². The first-order valence-electron chi connectivity index (χ1n) is 3.31. The molecule has 3 N–H and O–H groups in total. The average molecular weight is 233 g/mol. The molecule has 2 heterocycles. The maximum atomic E-state index is 10.3. The van der Waals surface area contributed by atoms with Crippen LogP contribution in [0.3, 0.4) is 0 Å². The van der Waals surface area contributed by atoms with Crippen molar-refractivity contribution >= 4 is 21.4 Å². The molecule has 2 aromatic heterocycles. The second-order valence-electron chi connectivity index (χ2n) is 2.03. The maximum Gasteiger partial charge on any atom is 0.259 e. The third kappa shape index (κ3) is 3.60. The fraction of sp³-hybridized carbons (Fsp3) is 0. The molecule has 0 amide bonds. The number of nitrogens with one attached hydrogen (secondary N) is 1. The van der Waals surface area contributed by atoms with Crippen LogP contribution in [0.15, 0.2) is 28.3 Å². The summed E-state index contributed by atoms with van der Waals surface area (Å²) in [5.74, 6) is 0. The first kappa shape index (κ1) is 10.8. The Morgan fingerprint density at radius 3 is 2.50 bits per heavy atom. The van der Waals surface area contributed by atoms with E-state index >= 15 is 0 Å². The molecule has 7 nitrogen and oxygen atoms in total. The van der Waals surface area contributed by atoms with Crippen molar-refractivity contribution < 1.29 is 8.42 Å². The molecule has 0 spiro atoms. The highest BCUT2D eigenvalue weighted by atomic mass is 32.2. The molecule has 0 fully saturated rings. The highest BCUT2D eigenvalue weighted by molar-refractivity contribution is 7.89. The van der Waals surface area contributed by atoms with Crippen LogP contribution < -0.4 is 5.14 Å². The van der Waals surface area contributed by atoms with Crippen LogP contribution in [0.1, 0.15) is 0 Å². The average Bonchev–Trinajstić information content (AvgIpc) is 2.80. The third-order valence-corrected chi connectivity index (χ3v) is 2.33. The minimum absolute atomic E-state index is 0.248. The number of primary sulfonamides is 1. The molecule has 9 heteroatoms. The minimum atomic E-state index is -3.66. The molecule has 0 aromatic carbocycles. The zero-order chi connectivity index (χ0) is 10.4. The third-order valence-electron chi connectivity index (χ3n) is 1.03. The highest BCUT2D eigenvalue weighted by Gasteiger charge is 2.08. The van der Waals surface area contributed by atoms with Crippen LogP contribution in [0.4, 0.5) is 0 Å². The lowest BCUT2D eigenvalue weighted by molar-refractivity contribution is 0.593. The monoisotopic (exact) mass is 233 g/mol. The van der Waals surface area contributed by atoms with Gasteiger partial charge in [0.1, 0.15) is 0 Å². The van der Waals surface area contributed by atoms with Crippen molar-refractivity contribution in [2.45, 2.75) is 5.03 Å². The maximum absolute atomic E-state index is 10.3. The Morgan fingerprint density at radius 1 is 1.50 bits per heavy atom. The number of H-pyrrole nitrogens is 1. The van der Waals surface area contributed by atoms with E-state index in [2.05, 4.69) is 25.5 Å². The summed E-state index contributed by atoms with van der Waals surface area (Å²) < 4.78 is 20.7. The van der Waals surface area contributed by atoms with Gasteiger partial charge < -0.3 is 0 Å². The molecular formula is C5H7N5O2S2. The Bertz CT molecular complexity index is 417. The topological polar surface area (TPSA) is 115 Å². The lowest BCUT2D eigenvalue weighted by Crippen LogP contribution is -2.12. The second kappa shape index (κ2) is 4.79. The normalized spacial score (nSPS) is 10.4. The molecule has 2 rings (SSSR count). The number of nitrogens with zero attached hydrogens (tertiary/aromatic N) is 3. The summed E-state index contributed by atoms with van der Waals surface area (Å²) in [6, 6.07) is 0. The van der Waals surface area contributed by atoms with Gasteiger partial charge in [-0.15, -0.1) is 16.4 Å². The Labute approximate surface area is 84.0 Å². The van der Waals surface area contributed by atoms with Gasteiger partial charge in [-0.05, 0) is 0 Å². The molecule has 0 bridgehead atoms. The van der Waals surface area contributed by atoms with Gasteiger partial charge in [0.15, 0.2) is 0 Å². The molecule has 0 aliphatic rings. The van der Waals surface area contributed by atoms with Crippen molar-refractivity contribution in [2.24, 2.45) is 5.14 Å². The molecule has 0 aliphatic carbocycles. The first-order valence-corrected chi connectivity index (χ1v) is 5.80. The second-order valence-corrected chi connectivity index (χ2v) is 4.29. The van der Waals surface area contributed by atoms with Crippen LogP contribution in [0, 0.1) is 0 Å². The van der Waals surface area contributed by atoms with E-state index in [1.807, 2.05) is 5.38 Å². The van der Waals surface area contributed by atoms with E-state index in [0.29, 0.717) is 0 Å². The fourth-order valence-electron chi connectivity index (χ4n) is 0.504. The molecule has 0 saturated carbocycles. The van der Waals surface area contributed by atoms with Gasteiger partial charge in [0.25, 0.3) is 10.0 Å². The van der Waals surface area contributed by atoms with E-state index in [9.17, 15) is 8.42 Å². The minimum Gasteiger partial charge on any atom is -0.253 e. The summed E-state index contributed by atoms with van der Waals surface area (Å²) in [5, 5.41) is 14.9. The van der Waals surface area contributed by atoms with Gasteiger partial charge in [-0.1, -0.05) is 0 Å². The molecule has 0 unspecified atom stereocenters. The predicted octanol–water partition coefficient (Wildman–Crippen LogP) is -0.405. The summed E-state index contributed by atoms with van der Waals surface area (Å²) in [4.78, 5) is 3.74. The summed E-state index contributed by atoms with van der Waals surface area (Å²) in [6.07, 6.45) is 2.81. The van der Waals surface area contributed by atoms with Crippen molar-refractivity contribution in [1.82, 2.24) is 20.4 Å². The molecule has 76 valence electrons. The van der Waals surface area contributed by atoms with Crippen LogP contribution in [-0.4, -0.2) is 28.8 Å². The Morgan fingerprint density at radius 2 is 2.29 bits per heavy atom. The summed E-state index contributed by atoms with van der Waals surface area (Å²) in [6.45, 7) is 0. The lowest BCUT2D eigenvalue weighted by atomic mass is 11.0. The van der Waals surface area contributed by atoms with Crippen LogP contribution in [-0.2, 0) is 10.0 Å². The number of sulfonamides is 1. The number of aromatic amines is 1. The first-order chi connectivity index (χ1) is 6.61. The molecule has 14 heavy (non-hydrogen) atoms. The molecule has 0 atom stereocenters. The van der Waals surface area contributed by atoms with E-state index in [1.54, 1.807) is 23.0 Å². The number of rotatable bonds is 1. The van der Waals surface area contributed by atoms with Crippen LogP contribution in [0.5, 0.6) is 0 Å². The SMILES string of the molecule is NS(=O)(=O)c1cn[nH]n1.c1cscn1. The Hall–Kier alpha value is -1.32. The van der Waals surface area contributed by atoms with Crippen molar-refractivity contribution in [2.75, 3.05) is 0 Å². The lowest BCUT2D eigenvalue weighted by Gasteiger charge is -1.83. The molecule has 0 aliphatic heterocycles. The number of hydrogen-bond acceptors (Lipinski definition) is 6. The molecule has 2 aromatic rings. The molecule has 0 saturated heterocycles. The standard InChI is InChI=1S/C3H3NS.C2H4N4O2S/c1-2-5-3-4-1;3-9(7,8)2-1-4-6-5-2/h1-3H;1H,(H2,3,7,8)(H,4,5,6). The fourth-order valence-corrected chi connectivity index (χ4v) is 1.22. The van der Waals surface area contributed by atoms with Crippen molar-refractivity contribution in [3.05, 3.63) is 23.3 Å². The Balaban J connectivity index is 0.000000165. The summed E-state index contributed by atoms with van der Waals surface area (Å²) >= 11 is 1.60. The number of thiazole rings is 1. The van der Waals surface area contributed by atoms with Gasteiger partial charge in [0.2, 0.25) is 5.03 Å². The zero-order valence-electron chi connectivity index (χ0n) is 6.86. The van der Waals surface area contributed by atoms with Crippen LogP contribution >= 0.6 is 11.3 Å². The van der Waals surface area contributed by atoms with E-state index in [-0.39, 0.29) is 5.03 Å². The van der Waals surface area contributed by atoms with Gasteiger partial charge in [-0.3, -0.25) is 4.98 Å². The number of nitrogens with two attached hydrogens (primary N) is 1. The van der Waals surface area contributed by atoms with Crippen LogP contribution in [0.2, 0.25) is 0 Å². The van der Waals surface area contributed by atoms with Gasteiger partial charge in [-0.2, -0.15) is 10.3 Å². The van der Waals surface area contributed by atoms with E-state index in [0.717, 1.165) is 6.20 Å². The summed E-state index contributed by atoms with van der Waals surface area (Å²) in [5.41, 5.74) is 1.79. The molecular weight excluding hydrogens is 226 g/mol.